The van der Waals surface area contributed by atoms with Crippen molar-refractivity contribution >= 4 is 22.9 Å². The average Bonchev–Trinajstić information content (AvgIpc) is 2.85. The van der Waals surface area contributed by atoms with Crippen molar-refractivity contribution in [3.8, 4) is 0 Å². The van der Waals surface area contributed by atoms with Gasteiger partial charge in [0.05, 0.1) is 6.04 Å². The van der Waals surface area contributed by atoms with Gasteiger partial charge in [-0.1, -0.05) is 0 Å². The van der Waals surface area contributed by atoms with E-state index in [1.165, 1.54) is 0 Å². The Kier molecular flexibility index (Phi) is 4.11. The van der Waals surface area contributed by atoms with E-state index in [-0.39, 0.29) is 11.9 Å². The van der Waals surface area contributed by atoms with Gasteiger partial charge < -0.3 is 10.6 Å². The molecule has 0 saturated carbocycles. The molecule has 1 atom stereocenters. The van der Waals surface area contributed by atoms with Crippen LogP contribution in [0.4, 0.5) is 5.69 Å². The summed E-state index contributed by atoms with van der Waals surface area (Å²) in [5, 5.41) is 6.77. The number of nitrogens with zero attached hydrogens (tertiary/aromatic N) is 2. The molecule has 100 valence electrons. The highest BCUT2D eigenvalue weighted by atomic mass is 32.1. The number of hydrogen-bond donors (Lipinski definition) is 2. The van der Waals surface area contributed by atoms with Crippen LogP contribution in [0.1, 0.15) is 33.3 Å². The highest BCUT2D eigenvalue weighted by molar-refractivity contribution is 7.11. The van der Waals surface area contributed by atoms with E-state index in [1.54, 1.807) is 30.6 Å². The van der Waals surface area contributed by atoms with E-state index >= 15 is 0 Å². The molecule has 2 rings (SSSR count). The number of carbonyl (C=O) groups excluding carboxylic acids is 1. The van der Waals surface area contributed by atoms with Crippen molar-refractivity contribution in [3.05, 3.63) is 40.1 Å². The molecule has 1 amide bonds. The summed E-state index contributed by atoms with van der Waals surface area (Å²) in [6.07, 6.45) is 3.42. The number of anilines is 1. The van der Waals surface area contributed by atoms with E-state index in [2.05, 4.69) is 20.6 Å². The van der Waals surface area contributed by atoms with Crippen LogP contribution in [0.15, 0.2) is 24.5 Å². The first-order valence-corrected chi connectivity index (χ1v) is 6.79. The second kappa shape index (κ2) is 5.79. The molecular formula is C13H16N4OS. The number of rotatable bonds is 4. The standard InChI is InChI=1S/C13H16N4OS/c1-8-7-16-13(19-8)9(2)17-12(18)11-6-10(14-3)4-5-15-11/h4-7,9H,1-3H3,(H,14,15)(H,17,18). The molecule has 0 bridgehead atoms. The van der Waals surface area contributed by atoms with Gasteiger partial charge in [0.1, 0.15) is 10.7 Å². The van der Waals surface area contributed by atoms with E-state index in [4.69, 9.17) is 0 Å². The van der Waals surface area contributed by atoms with Gasteiger partial charge in [-0.15, -0.1) is 11.3 Å². The fourth-order valence-corrected chi connectivity index (χ4v) is 2.39. The first kappa shape index (κ1) is 13.5. The smallest absolute Gasteiger partial charge is 0.270 e. The van der Waals surface area contributed by atoms with Gasteiger partial charge in [0, 0.05) is 30.0 Å². The van der Waals surface area contributed by atoms with Crippen LogP contribution in [0.25, 0.3) is 0 Å². The molecule has 2 N–H and O–H groups in total. The Bertz CT molecular complexity index is 582. The van der Waals surface area contributed by atoms with E-state index in [9.17, 15) is 4.79 Å². The van der Waals surface area contributed by atoms with Crippen molar-refractivity contribution in [1.82, 2.24) is 15.3 Å². The molecule has 2 heterocycles. The van der Waals surface area contributed by atoms with Crippen LogP contribution in [0.3, 0.4) is 0 Å². The number of pyridine rings is 1. The predicted molar refractivity (Wildman–Crippen MR) is 76.5 cm³/mol. The zero-order chi connectivity index (χ0) is 13.8. The molecule has 0 aliphatic rings. The Morgan fingerprint density at radius 1 is 1.42 bits per heavy atom. The molecule has 0 aliphatic heterocycles. The Hall–Kier alpha value is -1.95. The summed E-state index contributed by atoms with van der Waals surface area (Å²) in [5.74, 6) is -0.197. The summed E-state index contributed by atoms with van der Waals surface area (Å²) >= 11 is 1.58. The predicted octanol–water partition coefficient (Wildman–Crippen LogP) is 2.38. The monoisotopic (exact) mass is 276 g/mol. The highest BCUT2D eigenvalue weighted by Gasteiger charge is 2.15. The van der Waals surface area contributed by atoms with Gasteiger partial charge >= 0.3 is 0 Å². The number of thiazole rings is 1. The number of carbonyl (C=O) groups is 1. The molecule has 0 aromatic carbocycles. The molecule has 0 spiro atoms. The van der Waals surface area contributed by atoms with E-state index < -0.39 is 0 Å². The third-order valence-electron chi connectivity index (χ3n) is 2.64. The van der Waals surface area contributed by atoms with Gasteiger partial charge in [-0.2, -0.15) is 0 Å². The number of aromatic nitrogens is 2. The Morgan fingerprint density at radius 2 is 2.21 bits per heavy atom. The third-order valence-corrected chi connectivity index (χ3v) is 3.73. The lowest BCUT2D eigenvalue weighted by molar-refractivity contribution is 0.0935. The lowest BCUT2D eigenvalue weighted by Gasteiger charge is -2.11. The number of nitrogens with one attached hydrogen (secondary N) is 2. The summed E-state index contributed by atoms with van der Waals surface area (Å²) in [4.78, 5) is 21.5. The second-order valence-electron chi connectivity index (χ2n) is 4.18. The van der Waals surface area contributed by atoms with Crippen molar-refractivity contribution in [2.75, 3.05) is 12.4 Å². The fraction of sp³-hybridized carbons (Fsp3) is 0.308. The number of hydrogen-bond acceptors (Lipinski definition) is 5. The highest BCUT2D eigenvalue weighted by Crippen LogP contribution is 2.19. The molecule has 6 heteroatoms. The normalized spacial score (nSPS) is 11.9. The molecule has 1 unspecified atom stereocenters. The van der Waals surface area contributed by atoms with Crippen LogP contribution in [0.5, 0.6) is 0 Å². The SMILES string of the molecule is CNc1ccnc(C(=O)NC(C)c2ncc(C)s2)c1. The van der Waals surface area contributed by atoms with E-state index in [0.29, 0.717) is 5.69 Å². The molecule has 2 aromatic rings. The first-order valence-electron chi connectivity index (χ1n) is 5.97. The molecule has 19 heavy (non-hydrogen) atoms. The first-order chi connectivity index (χ1) is 9.10. The molecule has 5 nitrogen and oxygen atoms in total. The van der Waals surface area contributed by atoms with Gasteiger partial charge in [-0.05, 0) is 26.0 Å². The summed E-state index contributed by atoms with van der Waals surface area (Å²) in [7, 11) is 1.80. The zero-order valence-corrected chi connectivity index (χ0v) is 11.9. The van der Waals surface area contributed by atoms with Crippen LogP contribution >= 0.6 is 11.3 Å². The molecular weight excluding hydrogens is 260 g/mol. The topological polar surface area (TPSA) is 66.9 Å². The summed E-state index contributed by atoms with van der Waals surface area (Å²) < 4.78 is 0. The third kappa shape index (κ3) is 3.29. The van der Waals surface area contributed by atoms with Gasteiger partial charge in [-0.3, -0.25) is 9.78 Å². The Labute approximate surface area is 116 Å². The van der Waals surface area contributed by atoms with Crippen LogP contribution in [0.2, 0.25) is 0 Å². The average molecular weight is 276 g/mol. The minimum atomic E-state index is -0.197. The van der Waals surface area contributed by atoms with Crippen LogP contribution in [-0.2, 0) is 0 Å². The maximum Gasteiger partial charge on any atom is 0.270 e. The van der Waals surface area contributed by atoms with Gasteiger partial charge in [0.25, 0.3) is 5.91 Å². The van der Waals surface area contributed by atoms with Crippen molar-refractivity contribution in [2.24, 2.45) is 0 Å². The van der Waals surface area contributed by atoms with Crippen molar-refractivity contribution in [2.45, 2.75) is 19.9 Å². The number of aryl methyl sites for hydroxylation is 1. The number of amides is 1. The molecule has 0 fully saturated rings. The molecule has 0 radical (unpaired) electrons. The van der Waals surface area contributed by atoms with Crippen LogP contribution < -0.4 is 10.6 Å². The van der Waals surface area contributed by atoms with Gasteiger partial charge in [0.15, 0.2) is 0 Å². The summed E-state index contributed by atoms with van der Waals surface area (Å²) in [6, 6.07) is 3.41. The van der Waals surface area contributed by atoms with Crippen molar-refractivity contribution in [3.63, 3.8) is 0 Å². The van der Waals surface area contributed by atoms with Crippen molar-refractivity contribution < 1.29 is 4.79 Å². The Morgan fingerprint density at radius 3 is 2.84 bits per heavy atom. The maximum atomic E-state index is 12.1. The molecule has 0 aliphatic carbocycles. The molecule has 2 aromatic heterocycles. The minimum Gasteiger partial charge on any atom is -0.388 e. The minimum absolute atomic E-state index is 0.119. The lowest BCUT2D eigenvalue weighted by Crippen LogP contribution is -2.27. The van der Waals surface area contributed by atoms with E-state index in [1.807, 2.05) is 26.1 Å². The lowest BCUT2D eigenvalue weighted by atomic mass is 10.2. The summed E-state index contributed by atoms with van der Waals surface area (Å²) in [6.45, 7) is 3.91. The maximum absolute atomic E-state index is 12.1. The van der Waals surface area contributed by atoms with Gasteiger partial charge in [-0.25, -0.2) is 4.98 Å². The van der Waals surface area contributed by atoms with Gasteiger partial charge in [0.2, 0.25) is 0 Å². The molecule has 0 saturated heterocycles. The van der Waals surface area contributed by atoms with E-state index in [0.717, 1.165) is 15.6 Å². The van der Waals surface area contributed by atoms with Crippen LogP contribution in [-0.4, -0.2) is 22.9 Å². The quantitative estimate of drug-likeness (QED) is 0.899. The van der Waals surface area contributed by atoms with Crippen LogP contribution in [0, 0.1) is 6.92 Å². The Balaban J connectivity index is 2.08. The zero-order valence-electron chi connectivity index (χ0n) is 11.1. The fourth-order valence-electron chi connectivity index (χ4n) is 1.61. The second-order valence-corrected chi connectivity index (χ2v) is 5.45. The van der Waals surface area contributed by atoms with Crippen molar-refractivity contribution in [1.29, 1.82) is 0 Å². The largest absolute Gasteiger partial charge is 0.388 e. The summed E-state index contributed by atoms with van der Waals surface area (Å²) in [5.41, 5.74) is 1.25.